The second-order valence-corrected chi connectivity index (χ2v) is 17.0. The van der Waals surface area contributed by atoms with Crippen molar-refractivity contribution in [3.8, 4) is 5.75 Å². The van der Waals surface area contributed by atoms with Crippen molar-refractivity contribution in [1.29, 1.82) is 0 Å². The Morgan fingerprint density at radius 1 is 1.14 bits per heavy atom. The number of hydrogen-bond donors (Lipinski definition) is 3. The average molecular weight is 713 g/mol. The zero-order valence-corrected chi connectivity index (χ0v) is 29.5. The van der Waals surface area contributed by atoms with Gasteiger partial charge in [0.15, 0.2) is 5.60 Å². The normalized spacial score (nSPS) is 32.1. The lowest BCUT2D eigenvalue weighted by Crippen LogP contribution is -2.56. The molecular formula is C36H45ClN4O7S. The third-order valence-corrected chi connectivity index (χ3v) is 13.2. The standard InChI is InChI=1S/C36H45ClN4O7S/c1-39(2)49(46,47)38-34(44)36(45)19-33(43)41-16-14-27(41)6-3-7-31(42)28-11-8-24(28)20-40-21-35(22-48-32-13-9-25(36)18-30(32)40)15-4-5-23-17-26(37)10-12-29(23)35/h3,7,9-10,12-13,17-18,24,27-28,31,42,45H,4-6,8,11,14-16,19-22H2,1-2H3,(H,38,44)/b7-3+/t24?,27-,28-,31?,35-,36-/m1/s1. The van der Waals surface area contributed by atoms with Gasteiger partial charge in [-0.05, 0) is 97.7 Å². The van der Waals surface area contributed by atoms with Crippen LogP contribution in [0, 0.1) is 11.8 Å². The number of aryl methyl sites for hydroxylation is 1. The molecule has 13 heteroatoms. The van der Waals surface area contributed by atoms with Crippen molar-refractivity contribution in [3.63, 3.8) is 0 Å². The Morgan fingerprint density at radius 3 is 2.67 bits per heavy atom. The van der Waals surface area contributed by atoms with Crippen molar-refractivity contribution in [3.05, 3.63) is 70.3 Å². The van der Waals surface area contributed by atoms with Gasteiger partial charge in [-0.2, -0.15) is 12.7 Å². The summed E-state index contributed by atoms with van der Waals surface area (Å²) in [5, 5.41) is 24.2. The molecule has 49 heavy (non-hydrogen) atoms. The van der Waals surface area contributed by atoms with Crippen LogP contribution in [0.5, 0.6) is 5.75 Å². The minimum Gasteiger partial charge on any atom is -0.490 e. The summed E-state index contributed by atoms with van der Waals surface area (Å²) in [6.45, 7) is 2.06. The fourth-order valence-electron chi connectivity index (χ4n) is 8.38. The van der Waals surface area contributed by atoms with Crippen LogP contribution < -0.4 is 14.4 Å². The highest BCUT2D eigenvalue weighted by atomic mass is 35.5. The number of rotatable bonds is 3. The first kappa shape index (κ1) is 34.3. The zero-order chi connectivity index (χ0) is 34.7. The van der Waals surface area contributed by atoms with Crippen LogP contribution in [-0.2, 0) is 37.2 Å². The average Bonchev–Trinajstić information content (AvgIpc) is 3.16. The molecule has 1 saturated carbocycles. The molecule has 2 fully saturated rings. The van der Waals surface area contributed by atoms with Crippen molar-refractivity contribution in [1.82, 2.24) is 13.9 Å². The Hall–Kier alpha value is -3.16. The maximum absolute atomic E-state index is 13.9. The van der Waals surface area contributed by atoms with Crippen molar-refractivity contribution < 1.29 is 33.0 Å². The van der Waals surface area contributed by atoms with Crippen LogP contribution in [0.4, 0.5) is 5.69 Å². The molecule has 0 aromatic heterocycles. The number of benzene rings is 2. The smallest absolute Gasteiger partial charge is 0.303 e. The first-order chi connectivity index (χ1) is 23.3. The number of fused-ring (bicyclic) bond motifs is 5. The van der Waals surface area contributed by atoms with Crippen LogP contribution in [0.25, 0.3) is 0 Å². The zero-order valence-electron chi connectivity index (χ0n) is 28.0. The van der Waals surface area contributed by atoms with Gasteiger partial charge >= 0.3 is 10.2 Å². The lowest BCUT2D eigenvalue weighted by atomic mass is 9.68. The maximum atomic E-state index is 13.9. The first-order valence-corrected chi connectivity index (χ1v) is 19.0. The van der Waals surface area contributed by atoms with Crippen molar-refractivity contribution in [2.75, 3.05) is 45.2 Å². The number of hydrogen-bond acceptors (Lipinski definition) is 8. The van der Waals surface area contributed by atoms with E-state index in [1.807, 2.05) is 29.0 Å². The Kier molecular flexibility index (Phi) is 9.01. The fraction of sp³-hybridized carbons (Fsp3) is 0.556. The summed E-state index contributed by atoms with van der Waals surface area (Å²) >= 11 is 6.42. The number of nitrogens with zero attached hydrogens (tertiary/aromatic N) is 3. The van der Waals surface area contributed by atoms with Gasteiger partial charge in [0.2, 0.25) is 5.91 Å². The molecule has 2 unspecified atom stereocenters. The van der Waals surface area contributed by atoms with E-state index < -0.39 is 40.1 Å². The van der Waals surface area contributed by atoms with Gasteiger partial charge in [-0.3, -0.25) is 9.59 Å². The van der Waals surface area contributed by atoms with E-state index in [1.54, 1.807) is 23.1 Å². The predicted molar refractivity (Wildman–Crippen MR) is 186 cm³/mol. The highest BCUT2D eigenvalue weighted by molar-refractivity contribution is 7.87. The van der Waals surface area contributed by atoms with E-state index >= 15 is 0 Å². The molecule has 3 aliphatic heterocycles. The van der Waals surface area contributed by atoms with E-state index in [2.05, 4.69) is 11.0 Å². The summed E-state index contributed by atoms with van der Waals surface area (Å²) in [6.07, 6.45) is 8.42. The van der Waals surface area contributed by atoms with E-state index in [0.29, 0.717) is 49.1 Å². The molecule has 2 aliphatic carbocycles. The van der Waals surface area contributed by atoms with Crippen LogP contribution in [0.3, 0.4) is 0 Å². The third kappa shape index (κ3) is 6.24. The SMILES string of the molecule is CN(C)S(=O)(=O)NC(=O)[C@@]1(O)CC(=O)N2CC[C@H]2C/C=C/C(O)[C@@H]2CCC2CN2C[C@]3(CCCc4cc(Cl)ccc43)COc3ccc1cc32. The van der Waals surface area contributed by atoms with Crippen LogP contribution in [-0.4, -0.2) is 92.1 Å². The second-order valence-electron chi connectivity index (χ2n) is 14.7. The number of aliphatic hydroxyl groups excluding tert-OH is 1. The quantitative estimate of drug-likeness (QED) is 0.413. The van der Waals surface area contributed by atoms with Gasteiger partial charge in [0.1, 0.15) is 5.75 Å². The summed E-state index contributed by atoms with van der Waals surface area (Å²) in [6, 6.07) is 10.8. The Bertz CT molecular complexity index is 1790. The summed E-state index contributed by atoms with van der Waals surface area (Å²) in [5.41, 5.74) is 0.264. The number of ether oxygens (including phenoxy) is 1. The first-order valence-electron chi connectivity index (χ1n) is 17.2. The van der Waals surface area contributed by atoms with Gasteiger partial charge in [-0.25, -0.2) is 4.72 Å². The highest BCUT2D eigenvalue weighted by Gasteiger charge is 2.48. The fourth-order valence-corrected chi connectivity index (χ4v) is 9.16. The van der Waals surface area contributed by atoms with E-state index in [9.17, 15) is 28.2 Å². The molecule has 7 rings (SSSR count). The molecule has 3 heterocycles. The van der Waals surface area contributed by atoms with Crippen LogP contribution in [0.1, 0.15) is 61.6 Å². The number of carbonyl (C=O) groups is 2. The number of halogens is 1. The molecule has 264 valence electrons. The number of carbonyl (C=O) groups excluding carboxylic acids is 2. The van der Waals surface area contributed by atoms with Gasteiger partial charge in [-0.1, -0.05) is 35.9 Å². The lowest BCUT2D eigenvalue weighted by Gasteiger charge is -2.45. The molecule has 2 amide bonds. The topological polar surface area (TPSA) is 140 Å². The largest absolute Gasteiger partial charge is 0.490 e. The van der Waals surface area contributed by atoms with Gasteiger partial charge in [0, 0.05) is 50.2 Å². The molecule has 5 aliphatic rings. The minimum absolute atomic E-state index is 0.0615. The van der Waals surface area contributed by atoms with Crippen LogP contribution in [0.2, 0.25) is 5.02 Å². The predicted octanol–water partition coefficient (Wildman–Crippen LogP) is 3.26. The molecule has 6 atom stereocenters. The summed E-state index contributed by atoms with van der Waals surface area (Å²) < 4.78 is 35.1. The molecule has 0 radical (unpaired) electrons. The number of nitrogens with one attached hydrogen (secondary N) is 1. The van der Waals surface area contributed by atoms with Gasteiger partial charge < -0.3 is 24.7 Å². The Morgan fingerprint density at radius 2 is 1.96 bits per heavy atom. The molecular weight excluding hydrogens is 668 g/mol. The maximum Gasteiger partial charge on any atom is 0.303 e. The molecule has 2 bridgehead atoms. The van der Waals surface area contributed by atoms with E-state index in [0.717, 1.165) is 42.8 Å². The number of amides is 2. The Balaban J connectivity index is 1.34. The van der Waals surface area contributed by atoms with E-state index in [1.165, 1.54) is 25.2 Å². The number of anilines is 1. The summed E-state index contributed by atoms with van der Waals surface area (Å²) in [7, 11) is -1.73. The van der Waals surface area contributed by atoms with Gasteiger partial charge in [0.05, 0.1) is 24.8 Å². The monoisotopic (exact) mass is 712 g/mol. The van der Waals surface area contributed by atoms with Gasteiger partial charge in [0.25, 0.3) is 5.91 Å². The minimum atomic E-state index is -4.28. The van der Waals surface area contributed by atoms with Crippen molar-refractivity contribution >= 4 is 39.3 Å². The van der Waals surface area contributed by atoms with Gasteiger partial charge in [-0.15, -0.1) is 0 Å². The molecule has 1 saturated heterocycles. The third-order valence-electron chi connectivity index (χ3n) is 11.6. The summed E-state index contributed by atoms with van der Waals surface area (Å²) in [4.78, 5) is 31.5. The highest BCUT2D eigenvalue weighted by Crippen LogP contribution is 2.47. The number of aliphatic hydroxyl groups is 2. The summed E-state index contributed by atoms with van der Waals surface area (Å²) in [5.74, 6) is -0.855. The molecule has 1 spiro atoms. The lowest BCUT2D eigenvalue weighted by molar-refractivity contribution is -0.153. The van der Waals surface area contributed by atoms with E-state index in [4.69, 9.17) is 16.3 Å². The Labute approximate surface area is 293 Å². The molecule has 3 N–H and O–H groups in total. The molecule has 11 nitrogen and oxygen atoms in total. The van der Waals surface area contributed by atoms with Crippen molar-refractivity contribution in [2.24, 2.45) is 11.8 Å². The molecule has 2 aromatic carbocycles. The molecule has 2 aromatic rings. The van der Waals surface area contributed by atoms with E-state index in [-0.39, 0.29) is 28.9 Å². The second kappa shape index (κ2) is 12.9. The van der Waals surface area contributed by atoms with Crippen molar-refractivity contribution in [2.45, 2.75) is 74.5 Å². The van der Waals surface area contributed by atoms with Crippen LogP contribution >= 0.6 is 11.6 Å². The van der Waals surface area contributed by atoms with Crippen LogP contribution in [0.15, 0.2) is 48.6 Å².